The standard InChI is InChI=1S/C12H10O4/c13-11(14)10(12(15)16)9-6-5-7-3-1-2-4-8(7)9/h1-4,6,10H,5H2,(H,13,14)(H,15,16). The van der Waals surface area contributed by atoms with Crippen molar-refractivity contribution in [1.29, 1.82) is 0 Å². The van der Waals surface area contributed by atoms with E-state index in [4.69, 9.17) is 10.2 Å². The number of aliphatic carboxylic acids is 2. The van der Waals surface area contributed by atoms with E-state index in [9.17, 15) is 9.59 Å². The molecule has 0 aliphatic heterocycles. The van der Waals surface area contributed by atoms with Crippen molar-refractivity contribution in [2.45, 2.75) is 6.42 Å². The Bertz CT molecular complexity index is 474. The van der Waals surface area contributed by atoms with Gasteiger partial charge in [-0.15, -0.1) is 0 Å². The van der Waals surface area contributed by atoms with Crippen molar-refractivity contribution in [3.05, 3.63) is 41.5 Å². The van der Waals surface area contributed by atoms with E-state index in [0.29, 0.717) is 12.0 Å². The molecule has 0 heterocycles. The number of rotatable bonds is 3. The van der Waals surface area contributed by atoms with Crippen molar-refractivity contribution >= 4 is 17.5 Å². The highest BCUT2D eigenvalue weighted by Crippen LogP contribution is 2.33. The molecule has 4 nitrogen and oxygen atoms in total. The lowest BCUT2D eigenvalue weighted by Gasteiger charge is -2.10. The average Bonchev–Trinajstić information content (AvgIpc) is 2.61. The Hall–Kier alpha value is -2.10. The lowest BCUT2D eigenvalue weighted by molar-refractivity contribution is -0.151. The van der Waals surface area contributed by atoms with Crippen LogP contribution in [0.15, 0.2) is 30.3 Å². The van der Waals surface area contributed by atoms with E-state index in [1.165, 1.54) is 0 Å². The largest absolute Gasteiger partial charge is 0.480 e. The lowest BCUT2D eigenvalue weighted by atomic mass is 9.94. The number of hydrogen-bond acceptors (Lipinski definition) is 2. The van der Waals surface area contributed by atoms with Crippen molar-refractivity contribution in [2.75, 3.05) is 0 Å². The summed E-state index contributed by atoms with van der Waals surface area (Å²) >= 11 is 0. The molecule has 2 N–H and O–H groups in total. The van der Waals surface area contributed by atoms with Crippen LogP contribution in [0.25, 0.3) is 5.57 Å². The molecule has 2 rings (SSSR count). The van der Waals surface area contributed by atoms with E-state index in [0.717, 1.165) is 11.1 Å². The molecule has 0 saturated heterocycles. The van der Waals surface area contributed by atoms with Gasteiger partial charge in [0.1, 0.15) is 0 Å². The molecule has 1 aromatic rings. The van der Waals surface area contributed by atoms with Crippen LogP contribution < -0.4 is 0 Å². The number of benzene rings is 1. The molecule has 4 heteroatoms. The van der Waals surface area contributed by atoms with Gasteiger partial charge in [-0.05, 0) is 23.1 Å². The Kier molecular flexibility index (Phi) is 2.48. The number of allylic oxidation sites excluding steroid dienone is 1. The molecule has 0 amide bonds. The third-order valence-electron chi connectivity index (χ3n) is 2.68. The molecule has 0 fully saturated rings. The Labute approximate surface area is 91.8 Å². The first-order chi connectivity index (χ1) is 7.61. The molecule has 0 aromatic heterocycles. The van der Waals surface area contributed by atoms with Gasteiger partial charge in [0.2, 0.25) is 0 Å². The van der Waals surface area contributed by atoms with Gasteiger partial charge in [-0.1, -0.05) is 30.3 Å². The Morgan fingerprint density at radius 3 is 2.38 bits per heavy atom. The number of fused-ring (bicyclic) bond motifs is 1. The second kappa shape index (κ2) is 3.81. The smallest absolute Gasteiger partial charge is 0.322 e. The summed E-state index contributed by atoms with van der Waals surface area (Å²) in [6, 6.07) is 7.26. The van der Waals surface area contributed by atoms with Crippen molar-refractivity contribution in [3.8, 4) is 0 Å². The number of hydrogen-bond donors (Lipinski definition) is 2. The van der Waals surface area contributed by atoms with Gasteiger partial charge in [0.05, 0.1) is 0 Å². The van der Waals surface area contributed by atoms with Crippen LogP contribution in [0.2, 0.25) is 0 Å². The molecule has 0 bridgehead atoms. The first kappa shape index (κ1) is 10.4. The molecular formula is C12H10O4. The summed E-state index contributed by atoms with van der Waals surface area (Å²) in [6.07, 6.45) is 2.28. The minimum Gasteiger partial charge on any atom is -0.480 e. The molecule has 0 spiro atoms. The molecule has 16 heavy (non-hydrogen) atoms. The topological polar surface area (TPSA) is 74.6 Å². The highest BCUT2D eigenvalue weighted by molar-refractivity contribution is 6.06. The fourth-order valence-corrected chi connectivity index (χ4v) is 1.95. The number of carboxylic acids is 2. The predicted octanol–water partition coefficient (Wildman–Crippen LogP) is 1.41. The SMILES string of the molecule is O=C(O)C(C(=O)O)C1=CCc2ccccc21. The maximum atomic E-state index is 10.9. The predicted molar refractivity (Wildman–Crippen MR) is 56.9 cm³/mol. The van der Waals surface area contributed by atoms with Crippen LogP contribution >= 0.6 is 0 Å². The van der Waals surface area contributed by atoms with Gasteiger partial charge in [0.25, 0.3) is 0 Å². The average molecular weight is 218 g/mol. The normalized spacial score (nSPS) is 13.4. The van der Waals surface area contributed by atoms with Crippen LogP contribution in [0.4, 0.5) is 0 Å². The zero-order valence-electron chi connectivity index (χ0n) is 8.38. The van der Waals surface area contributed by atoms with Crippen LogP contribution in [0.5, 0.6) is 0 Å². The summed E-state index contributed by atoms with van der Waals surface area (Å²) in [6.45, 7) is 0. The van der Waals surface area contributed by atoms with Gasteiger partial charge in [0.15, 0.2) is 5.92 Å². The molecule has 0 atom stereocenters. The summed E-state index contributed by atoms with van der Waals surface area (Å²) < 4.78 is 0. The van der Waals surface area contributed by atoms with Crippen LogP contribution in [-0.2, 0) is 16.0 Å². The first-order valence-electron chi connectivity index (χ1n) is 4.85. The highest BCUT2D eigenvalue weighted by Gasteiger charge is 2.33. The van der Waals surface area contributed by atoms with Gasteiger partial charge in [-0.2, -0.15) is 0 Å². The molecule has 0 radical (unpaired) electrons. The minimum absolute atomic E-state index is 0.385. The summed E-state index contributed by atoms with van der Waals surface area (Å²) in [7, 11) is 0. The molecule has 1 aromatic carbocycles. The van der Waals surface area contributed by atoms with Gasteiger partial charge < -0.3 is 10.2 Å². The quantitative estimate of drug-likeness (QED) is 0.752. The van der Waals surface area contributed by atoms with E-state index < -0.39 is 17.9 Å². The third kappa shape index (κ3) is 1.58. The van der Waals surface area contributed by atoms with Crippen LogP contribution in [-0.4, -0.2) is 22.2 Å². The molecule has 1 aliphatic carbocycles. The lowest BCUT2D eigenvalue weighted by Crippen LogP contribution is -2.24. The number of carbonyl (C=O) groups is 2. The summed E-state index contributed by atoms with van der Waals surface area (Å²) in [4.78, 5) is 21.8. The van der Waals surface area contributed by atoms with E-state index in [2.05, 4.69) is 0 Å². The molecule has 1 aliphatic rings. The van der Waals surface area contributed by atoms with Gasteiger partial charge in [-0.25, -0.2) is 0 Å². The van der Waals surface area contributed by atoms with E-state index in [1.54, 1.807) is 18.2 Å². The second-order valence-corrected chi connectivity index (χ2v) is 3.63. The second-order valence-electron chi connectivity index (χ2n) is 3.63. The Balaban J connectivity index is 2.44. The minimum atomic E-state index is -1.47. The van der Waals surface area contributed by atoms with E-state index >= 15 is 0 Å². The molecule has 0 saturated carbocycles. The summed E-state index contributed by atoms with van der Waals surface area (Å²) in [5, 5.41) is 17.8. The summed E-state index contributed by atoms with van der Waals surface area (Å²) in [5.41, 5.74) is 2.10. The number of carboxylic acid groups (broad SMARTS) is 2. The Morgan fingerprint density at radius 2 is 1.75 bits per heavy atom. The van der Waals surface area contributed by atoms with Crippen LogP contribution in [0.1, 0.15) is 11.1 Å². The fraction of sp³-hybridized carbons (Fsp3) is 0.167. The van der Waals surface area contributed by atoms with Crippen LogP contribution in [0.3, 0.4) is 0 Å². The van der Waals surface area contributed by atoms with Crippen molar-refractivity contribution in [2.24, 2.45) is 5.92 Å². The van der Waals surface area contributed by atoms with Crippen molar-refractivity contribution in [3.63, 3.8) is 0 Å². The van der Waals surface area contributed by atoms with E-state index in [-0.39, 0.29) is 0 Å². The van der Waals surface area contributed by atoms with Gasteiger partial charge in [0, 0.05) is 0 Å². The fourth-order valence-electron chi connectivity index (χ4n) is 1.95. The maximum Gasteiger partial charge on any atom is 0.322 e. The monoisotopic (exact) mass is 218 g/mol. The molecule has 82 valence electrons. The Morgan fingerprint density at radius 1 is 1.12 bits per heavy atom. The molecule has 0 unspecified atom stereocenters. The van der Waals surface area contributed by atoms with Crippen LogP contribution in [0, 0.1) is 5.92 Å². The van der Waals surface area contributed by atoms with Gasteiger partial charge in [-0.3, -0.25) is 9.59 Å². The van der Waals surface area contributed by atoms with Crippen molar-refractivity contribution in [1.82, 2.24) is 0 Å². The maximum absolute atomic E-state index is 10.9. The first-order valence-corrected chi connectivity index (χ1v) is 4.85. The molecular weight excluding hydrogens is 208 g/mol. The zero-order valence-corrected chi connectivity index (χ0v) is 8.38. The zero-order chi connectivity index (χ0) is 11.7. The third-order valence-corrected chi connectivity index (χ3v) is 2.68. The van der Waals surface area contributed by atoms with Crippen molar-refractivity contribution < 1.29 is 19.8 Å². The van der Waals surface area contributed by atoms with Gasteiger partial charge >= 0.3 is 11.9 Å². The van der Waals surface area contributed by atoms with E-state index in [1.807, 2.05) is 12.1 Å². The summed E-state index contributed by atoms with van der Waals surface area (Å²) in [5.74, 6) is -4.12. The highest BCUT2D eigenvalue weighted by atomic mass is 16.4.